The molecular weight excluding hydrogens is 332 g/mol. The third kappa shape index (κ3) is 3.26. The maximum absolute atomic E-state index is 12.4. The molecule has 3 rings (SSSR count). The fourth-order valence-electron chi connectivity index (χ4n) is 2.99. The van der Waals surface area contributed by atoms with Crippen molar-refractivity contribution in [3.63, 3.8) is 0 Å². The lowest BCUT2D eigenvalue weighted by atomic mass is 10.1. The van der Waals surface area contributed by atoms with E-state index in [1.165, 1.54) is 30.5 Å². The molecule has 1 saturated carbocycles. The number of nitrogens with one attached hydrogen (secondary N) is 1. The Kier molecular flexibility index (Phi) is 4.53. The molecule has 8 heteroatoms. The number of nitro benzene ring substituents is 1. The van der Waals surface area contributed by atoms with Gasteiger partial charge in [0.05, 0.1) is 22.5 Å². The Morgan fingerprint density at radius 3 is 2.62 bits per heavy atom. The maximum Gasteiger partial charge on any atom is 0.292 e. The highest BCUT2D eigenvalue weighted by atomic mass is 35.5. The minimum absolute atomic E-state index is 0.0495. The molecule has 0 aliphatic heterocycles. The summed E-state index contributed by atoms with van der Waals surface area (Å²) in [6.07, 6.45) is 4.77. The van der Waals surface area contributed by atoms with E-state index in [2.05, 4.69) is 17.3 Å². The van der Waals surface area contributed by atoms with Gasteiger partial charge in [0.15, 0.2) is 0 Å². The largest absolute Gasteiger partial charge is 0.380 e. The molecule has 0 radical (unpaired) electrons. The molecule has 0 amide bonds. The van der Waals surface area contributed by atoms with Crippen molar-refractivity contribution in [2.45, 2.75) is 32.2 Å². The van der Waals surface area contributed by atoms with Crippen molar-refractivity contribution in [1.82, 2.24) is 9.78 Å². The van der Waals surface area contributed by atoms with E-state index in [1.54, 1.807) is 0 Å². The van der Waals surface area contributed by atoms with E-state index in [0.29, 0.717) is 23.3 Å². The van der Waals surface area contributed by atoms with Gasteiger partial charge in [-0.05, 0) is 37.3 Å². The number of halogens is 1. The molecule has 0 spiro atoms. The molecule has 2 aromatic rings. The van der Waals surface area contributed by atoms with Crippen LogP contribution in [-0.4, -0.2) is 20.7 Å². The van der Waals surface area contributed by atoms with E-state index in [-0.39, 0.29) is 10.7 Å². The monoisotopic (exact) mass is 348 g/mol. The molecule has 2 atom stereocenters. The van der Waals surface area contributed by atoms with Crippen molar-refractivity contribution in [1.29, 1.82) is 0 Å². The zero-order chi connectivity index (χ0) is 17.3. The molecule has 24 heavy (non-hydrogen) atoms. The van der Waals surface area contributed by atoms with Crippen LogP contribution in [0.5, 0.6) is 0 Å². The van der Waals surface area contributed by atoms with Crippen LogP contribution in [0.4, 0.5) is 11.4 Å². The standard InChI is InChI=1S/C16H17ClN4O3/c1-10-2-3-11(8-10)19-14-9-18-20(16(22)15(14)17)12-4-6-13(7-5-12)21(23)24/h4-7,9-11,19H,2-3,8H2,1H3. The van der Waals surface area contributed by atoms with E-state index in [4.69, 9.17) is 11.6 Å². The summed E-state index contributed by atoms with van der Waals surface area (Å²) < 4.78 is 1.13. The van der Waals surface area contributed by atoms with Gasteiger partial charge in [0, 0.05) is 18.2 Å². The Labute approximate surface area is 143 Å². The first kappa shape index (κ1) is 16.4. The predicted molar refractivity (Wildman–Crippen MR) is 91.9 cm³/mol. The minimum Gasteiger partial charge on any atom is -0.380 e. The van der Waals surface area contributed by atoms with E-state index in [0.717, 1.165) is 23.9 Å². The number of hydrogen-bond donors (Lipinski definition) is 1. The van der Waals surface area contributed by atoms with Crippen LogP contribution in [0, 0.1) is 16.0 Å². The molecule has 0 bridgehead atoms. The highest BCUT2D eigenvalue weighted by Gasteiger charge is 2.22. The summed E-state index contributed by atoms with van der Waals surface area (Å²) in [6, 6.07) is 5.88. The zero-order valence-electron chi connectivity index (χ0n) is 13.1. The predicted octanol–water partition coefficient (Wildman–Crippen LogP) is 3.39. The van der Waals surface area contributed by atoms with Gasteiger partial charge in [-0.25, -0.2) is 0 Å². The number of rotatable bonds is 4. The summed E-state index contributed by atoms with van der Waals surface area (Å²) in [6.45, 7) is 2.20. The van der Waals surface area contributed by atoms with Crippen molar-refractivity contribution in [3.05, 3.63) is 56.0 Å². The minimum atomic E-state index is -0.497. The molecule has 7 nitrogen and oxygen atoms in total. The van der Waals surface area contributed by atoms with Crippen LogP contribution in [0.25, 0.3) is 5.69 Å². The maximum atomic E-state index is 12.4. The smallest absolute Gasteiger partial charge is 0.292 e. The molecule has 126 valence electrons. The van der Waals surface area contributed by atoms with Crippen LogP contribution in [-0.2, 0) is 0 Å². The summed E-state index contributed by atoms with van der Waals surface area (Å²) in [7, 11) is 0. The van der Waals surface area contributed by atoms with Gasteiger partial charge >= 0.3 is 0 Å². The fourth-order valence-corrected chi connectivity index (χ4v) is 3.17. The van der Waals surface area contributed by atoms with Gasteiger partial charge in [0.1, 0.15) is 5.02 Å². The van der Waals surface area contributed by atoms with E-state index in [1.807, 2.05) is 0 Å². The molecule has 1 aromatic heterocycles. The van der Waals surface area contributed by atoms with Gasteiger partial charge in [-0.1, -0.05) is 18.5 Å². The average Bonchev–Trinajstić information content (AvgIpc) is 2.97. The first-order chi connectivity index (χ1) is 11.5. The van der Waals surface area contributed by atoms with Crippen LogP contribution >= 0.6 is 11.6 Å². The number of nitrogens with zero attached hydrogens (tertiary/aromatic N) is 3. The quantitative estimate of drug-likeness (QED) is 0.675. The number of anilines is 1. The Bertz CT molecular complexity index is 819. The molecule has 1 aliphatic rings. The molecule has 2 unspecified atom stereocenters. The Morgan fingerprint density at radius 2 is 2.04 bits per heavy atom. The van der Waals surface area contributed by atoms with Crippen LogP contribution in [0.3, 0.4) is 0 Å². The molecule has 1 fully saturated rings. The van der Waals surface area contributed by atoms with Crippen molar-refractivity contribution in [3.8, 4) is 5.69 Å². The summed E-state index contributed by atoms with van der Waals surface area (Å²) in [4.78, 5) is 22.6. The third-order valence-electron chi connectivity index (χ3n) is 4.28. The topological polar surface area (TPSA) is 90.1 Å². The lowest BCUT2D eigenvalue weighted by Gasteiger charge is -2.15. The van der Waals surface area contributed by atoms with Gasteiger partial charge in [-0.3, -0.25) is 14.9 Å². The average molecular weight is 349 g/mol. The Hall–Kier alpha value is -2.41. The number of non-ortho nitro benzene ring substituents is 1. The van der Waals surface area contributed by atoms with Gasteiger partial charge in [-0.2, -0.15) is 9.78 Å². The first-order valence-electron chi connectivity index (χ1n) is 7.75. The number of benzene rings is 1. The molecule has 0 saturated heterocycles. The summed E-state index contributed by atoms with van der Waals surface area (Å²) in [5, 5.41) is 18.2. The van der Waals surface area contributed by atoms with Crippen LogP contribution in [0.15, 0.2) is 35.3 Å². The van der Waals surface area contributed by atoms with Gasteiger partial charge in [0.25, 0.3) is 11.2 Å². The van der Waals surface area contributed by atoms with E-state index < -0.39 is 10.5 Å². The van der Waals surface area contributed by atoms with Crippen molar-refractivity contribution < 1.29 is 4.92 Å². The van der Waals surface area contributed by atoms with Crippen LogP contribution in [0.2, 0.25) is 5.02 Å². The Balaban J connectivity index is 1.87. The highest BCUT2D eigenvalue weighted by Crippen LogP contribution is 2.29. The third-order valence-corrected chi connectivity index (χ3v) is 4.64. The molecule has 1 aromatic carbocycles. The lowest BCUT2D eigenvalue weighted by Crippen LogP contribution is -2.24. The van der Waals surface area contributed by atoms with Crippen molar-refractivity contribution in [2.24, 2.45) is 5.92 Å². The number of nitro groups is 1. The van der Waals surface area contributed by atoms with Crippen molar-refractivity contribution >= 4 is 23.0 Å². The first-order valence-corrected chi connectivity index (χ1v) is 8.12. The normalized spacial score (nSPS) is 20.1. The van der Waals surface area contributed by atoms with E-state index in [9.17, 15) is 14.9 Å². The van der Waals surface area contributed by atoms with Crippen LogP contribution < -0.4 is 10.9 Å². The second-order valence-electron chi connectivity index (χ2n) is 6.12. The van der Waals surface area contributed by atoms with Crippen LogP contribution in [0.1, 0.15) is 26.2 Å². The number of aromatic nitrogens is 2. The molecule has 1 heterocycles. The second-order valence-corrected chi connectivity index (χ2v) is 6.50. The molecule has 1 N–H and O–H groups in total. The SMILES string of the molecule is CC1CCC(Nc2cnn(-c3ccc([N+](=O)[O-])cc3)c(=O)c2Cl)C1. The van der Waals surface area contributed by atoms with Gasteiger partial charge in [0.2, 0.25) is 0 Å². The van der Waals surface area contributed by atoms with Gasteiger partial charge < -0.3 is 5.32 Å². The summed E-state index contributed by atoms with van der Waals surface area (Å²) in [5.41, 5.74) is 0.445. The fraction of sp³-hybridized carbons (Fsp3) is 0.375. The summed E-state index contributed by atoms with van der Waals surface area (Å²) in [5.74, 6) is 0.662. The summed E-state index contributed by atoms with van der Waals surface area (Å²) >= 11 is 6.20. The zero-order valence-corrected chi connectivity index (χ0v) is 13.9. The van der Waals surface area contributed by atoms with Crippen molar-refractivity contribution in [2.75, 3.05) is 5.32 Å². The van der Waals surface area contributed by atoms with E-state index >= 15 is 0 Å². The second kappa shape index (κ2) is 6.60. The Morgan fingerprint density at radius 1 is 1.33 bits per heavy atom. The molecular formula is C16H17ClN4O3. The highest BCUT2D eigenvalue weighted by molar-refractivity contribution is 6.32. The molecule has 1 aliphatic carbocycles. The lowest BCUT2D eigenvalue weighted by molar-refractivity contribution is -0.384. The van der Waals surface area contributed by atoms with Gasteiger partial charge in [-0.15, -0.1) is 0 Å². The number of hydrogen-bond acceptors (Lipinski definition) is 5.